The number of pyridine rings is 1. The first kappa shape index (κ1) is 13.1. The summed E-state index contributed by atoms with van der Waals surface area (Å²) in [5.74, 6) is 0.770. The van der Waals surface area contributed by atoms with Gasteiger partial charge in [0.25, 0.3) is 0 Å². The fourth-order valence-electron chi connectivity index (χ4n) is 1.59. The van der Waals surface area contributed by atoms with Crippen LogP contribution in [0.1, 0.15) is 11.1 Å². The molecule has 0 saturated heterocycles. The van der Waals surface area contributed by atoms with Gasteiger partial charge in [0.1, 0.15) is 5.75 Å². The Morgan fingerprint density at radius 3 is 2.89 bits per heavy atom. The molecule has 2 aromatic rings. The smallest absolute Gasteiger partial charge is 0.119 e. The second kappa shape index (κ2) is 6.52. The maximum Gasteiger partial charge on any atom is 0.119 e. The molecule has 2 rings (SSSR count). The number of benzene rings is 1. The predicted molar refractivity (Wildman–Crippen MR) is 73.5 cm³/mol. The topological polar surface area (TPSA) is 42.4 Å². The molecule has 0 radical (unpaired) electrons. The van der Waals surface area contributed by atoms with Crippen molar-refractivity contribution in [3.8, 4) is 5.75 Å². The molecule has 0 aliphatic rings. The average Bonchev–Trinajstić information content (AvgIpc) is 2.42. The van der Waals surface area contributed by atoms with Crippen molar-refractivity contribution >= 4 is 15.9 Å². The Bertz CT molecular complexity index is 502. The Hall–Kier alpha value is -1.39. The number of hydrogen-bond donors (Lipinski definition) is 1. The summed E-state index contributed by atoms with van der Waals surface area (Å²) in [6.45, 7) is 0.596. The van der Waals surface area contributed by atoms with Crippen LogP contribution in [-0.4, -0.2) is 16.7 Å². The zero-order chi connectivity index (χ0) is 12.8. The molecule has 1 aromatic carbocycles. The van der Waals surface area contributed by atoms with Gasteiger partial charge in [-0.05, 0) is 35.4 Å². The number of aliphatic hydroxyl groups excluding tert-OH is 1. The Morgan fingerprint density at radius 2 is 2.17 bits per heavy atom. The van der Waals surface area contributed by atoms with Crippen molar-refractivity contribution in [1.82, 2.24) is 4.98 Å². The maximum atomic E-state index is 9.15. The number of rotatable bonds is 5. The lowest BCUT2D eigenvalue weighted by Crippen LogP contribution is -2.02. The number of ether oxygens (including phenoxy) is 1. The molecule has 0 unspecified atom stereocenters. The zero-order valence-electron chi connectivity index (χ0n) is 9.84. The predicted octanol–water partition coefficient (Wildman–Crippen LogP) is 2.96. The largest absolute Gasteiger partial charge is 0.493 e. The van der Waals surface area contributed by atoms with Crippen molar-refractivity contribution in [2.24, 2.45) is 0 Å². The van der Waals surface area contributed by atoms with Crippen LogP contribution in [0.3, 0.4) is 0 Å². The van der Waals surface area contributed by atoms with Crippen molar-refractivity contribution < 1.29 is 9.84 Å². The summed E-state index contributed by atoms with van der Waals surface area (Å²) in [6, 6.07) is 9.54. The lowest BCUT2D eigenvalue weighted by Gasteiger charge is -2.08. The lowest BCUT2D eigenvalue weighted by atomic mass is 10.2. The highest BCUT2D eigenvalue weighted by Crippen LogP contribution is 2.22. The lowest BCUT2D eigenvalue weighted by molar-refractivity contribution is 0.278. The van der Waals surface area contributed by atoms with Crippen LogP contribution in [0, 0.1) is 0 Å². The van der Waals surface area contributed by atoms with Gasteiger partial charge in [-0.15, -0.1) is 0 Å². The van der Waals surface area contributed by atoms with E-state index in [4.69, 9.17) is 9.84 Å². The van der Waals surface area contributed by atoms with Gasteiger partial charge in [-0.1, -0.05) is 22.0 Å². The van der Waals surface area contributed by atoms with Gasteiger partial charge < -0.3 is 9.84 Å². The number of nitrogens with zero attached hydrogens (tertiary/aromatic N) is 1. The fraction of sp³-hybridized carbons (Fsp3) is 0.214. The minimum Gasteiger partial charge on any atom is -0.493 e. The van der Waals surface area contributed by atoms with Crippen molar-refractivity contribution in [3.63, 3.8) is 0 Å². The van der Waals surface area contributed by atoms with Crippen LogP contribution in [-0.2, 0) is 13.0 Å². The molecule has 0 aliphatic heterocycles. The highest BCUT2D eigenvalue weighted by atomic mass is 79.9. The summed E-state index contributed by atoms with van der Waals surface area (Å²) in [5.41, 5.74) is 1.98. The quantitative estimate of drug-likeness (QED) is 0.923. The SMILES string of the molecule is OCc1cc(OCCc2cccnc2)ccc1Br. The number of hydrogen-bond acceptors (Lipinski definition) is 3. The molecule has 0 amide bonds. The molecule has 94 valence electrons. The van der Waals surface area contributed by atoms with Gasteiger partial charge in [0.15, 0.2) is 0 Å². The van der Waals surface area contributed by atoms with E-state index in [2.05, 4.69) is 20.9 Å². The summed E-state index contributed by atoms with van der Waals surface area (Å²) in [6.07, 6.45) is 4.41. The molecule has 0 fully saturated rings. The number of aromatic nitrogens is 1. The molecule has 3 nitrogen and oxygen atoms in total. The third-order valence-corrected chi connectivity index (χ3v) is 3.34. The maximum absolute atomic E-state index is 9.15. The van der Waals surface area contributed by atoms with Gasteiger partial charge in [-0.3, -0.25) is 4.98 Å². The molecule has 1 aromatic heterocycles. The summed E-state index contributed by atoms with van der Waals surface area (Å²) < 4.78 is 6.54. The van der Waals surface area contributed by atoms with E-state index < -0.39 is 0 Å². The van der Waals surface area contributed by atoms with Crippen LogP contribution < -0.4 is 4.74 Å². The molecule has 18 heavy (non-hydrogen) atoms. The van der Waals surface area contributed by atoms with Gasteiger partial charge in [0.2, 0.25) is 0 Å². The first-order chi connectivity index (χ1) is 8.79. The van der Waals surface area contributed by atoms with E-state index >= 15 is 0 Å². The van der Waals surface area contributed by atoms with Crippen molar-refractivity contribution in [2.45, 2.75) is 13.0 Å². The van der Waals surface area contributed by atoms with Crippen LogP contribution in [0.5, 0.6) is 5.75 Å². The third-order valence-electron chi connectivity index (χ3n) is 2.57. The number of aliphatic hydroxyl groups is 1. The molecule has 4 heteroatoms. The van der Waals surface area contributed by atoms with E-state index in [1.54, 1.807) is 6.20 Å². The minimum absolute atomic E-state index is 0.000386. The molecule has 0 aliphatic carbocycles. The molecule has 0 atom stereocenters. The van der Waals surface area contributed by atoms with Gasteiger partial charge in [-0.25, -0.2) is 0 Å². The monoisotopic (exact) mass is 307 g/mol. The van der Waals surface area contributed by atoms with Crippen molar-refractivity contribution in [3.05, 3.63) is 58.3 Å². The molecule has 0 spiro atoms. The molecule has 1 heterocycles. The molecule has 0 saturated carbocycles. The Morgan fingerprint density at radius 1 is 1.28 bits per heavy atom. The molecular weight excluding hydrogens is 294 g/mol. The Balaban J connectivity index is 1.91. The summed E-state index contributed by atoms with van der Waals surface area (Å²) in [7, 11) is 0. The third kappa shape index (κ3) is 3.55. The Labute approximate surface area is 115 Å². The molecule has 0 bridgehead atoms. The van der Waals surface area contributed by atoms with E-state index in [9.17, 15) is 0 Å². The minimum atomic E-state index is 0.000386. The Kier molecular flexibility index (Phi) is 4.73. The van der Waals surface area contributed by atoms with E-state index in [1.807, 2.05) is 36.5 Å². The van der Waals surface area contributed by atoms with Gasteiger partial charge in [0, 0.05) is 23.3 Å². The van der Waals surface area contributed by atoms with Crippen LogP contribution in [0.2, 0.25) is 0 Å². The van der Waals surface area contributed by atoms with Crippen LogP contribution in [0.25, 0.3) is 0 Å². The standard InChI is InChI=1S/C14H14BrNO2/c15-14-4-3-13(8-12(14)10-17)18-7-5-11-2-1-6-16-9-11/h1-4,6,8-9,17H,5,7,10H2. The van der Waals surface area contributed by atoms with Crippen LogP contribution in [0.4, 0.5) is 0 Å². The van der Waals surface area contributed by atoms with E-state index in [1.165, 1.54) is 0 Å². The number of halogens is 1. The van der Waals surface area contributed by atoms with Gasteiger partial charge >= 0.3 is 0 Å². The summed E-state index contributed by atoms with van der Waals surface area (Å²) in [4.78, 5) is 4.05. The summed E-state index contributed by atoms with van der Waals surface area (Å²) >= 11 is 3.37. The normalized spacial score (nSPS) is 10.3. The van der Waals surface area contributed by atoms with Crippen molar-refractivity contribution in [1.29, 1.82) is 0 Å². The van der Waals surface area contributed by atoms with E-state index in [0.717, 1.165) is 27.8 Å². The van der Waals surface area contributed by atoms with Crippen LogP contribution >= 0.6 is 15.9 Å². The molecule has 1 N–H and O–H groups in total. The highest BCUT2D eigenvalue weighted by Gasteiger charge is 2.01. The fourth-order valence-corrected chi connectivity index (χ4v) is 1.97. The van der Waals surface area contributed by atoms with Crippen molar-refractivity contribution in [2.75, 3.05) is 6.61 Å². The van der Waals surface area contributed by atoms with E-state index in [0.29, 0.717) is 6.61 Å². The second-order valence-electron chi connectivity index (χ2n) is 3.87. The van der Waals surface area contributed by atoms with Gasteiger partial charge in [0.05, 0.1) is 13.2 Å². The second-order valence-corrected chi connectivity index (χ2v) is 4.73. The van der Waals surface area contributed by atoms with Crippen LogP contribution in [0.15, 0.2) is 47.2 Å². The molecular formula is C14H14BrNO2. The van der Waals surface area contributed by atoms with E-state index in [-0.39, 0.29) is 6.61 Å². The highest BCUT2D eigenvalue weighted by molar-refractivity contribution is 9.10. The first-order valence-electron chi connectivity index (χ1n) is 5.70. The first-order valence-corrected chi connectivity index (χ1v) is 6.50. The average molecular weight is 308 g/mol. The van der Waals surface area contributed by atoms with Gasteiger partial charge in [-0.2, -0.15) is 0 Å². The summed E-state index contributed by atoms with van der Waals surface area (Å²) in [5, 5.41) is 9.15. The zero-order valence-corrected chi connectivity index (χ0v) is 11.4.